The maximum absolute atomic E-state index is 4.35. The van der Waals surface area contributed by atoms with Gasteiger partial charge in [-0.05, 0) is 63.5 Å². The van der Waals surface area contributed by atoms with E-state index in [-0.39, 0.29) is 4.75 Å². The normalized spacial score (nSPS) is 17.9. The van der Waals surface area contributed by atoms with Crippen molar-refractivity contribution in [1.29, 1.82) is 0 Å². The average molecular weight is 457 g/mol. The molecule has 0 saturated heterocycles. The zero-order valence-corrected chi connectivity index (χ0v) is 18.4. The summed E-state index contributed by atoms with van der Waals surface area (Å²) in [4.78, 5) is 0. The molecule has 1 saturated carbocycles. The van der Waals surface area contributed by atoms with Crippen molar-refractivity contribution in [3.63, 3.8) is 0 Å². The summed E-state index contributed by atoms with van der Waals surface area (Å²) in [5.41, 5.74) is 2.57. The molecule has 1 atom stereocenters. The van der Waals surface area contributed by atoms with Gasteiger partial charge in [-0.15, -0.1) is 0 Å². The average Bonchev–Trinajstić information content (AvgIpc) is 2.55. The first kappa shape index (κ1) is 20.3. The first-order valence-corrected chi connectivity index (χ1v) is 11.0. The van der Waals surface area contributed by atoms with Crippen LogP contribution in [0, 0.1) is 5.92 Å². The Labute approximate surface area is 167 Å². The van der Waals surface area contributed by atoms with Gasteiger partial charge in [-0.3, -0.25) is 0 Å². The number of hydrogen-bond donors (Lipinski definition) is 0. The molecule has 0 aliphatic heterocycles. The Kier molecular flexibility index (Phi) is 8.15. The van der Waals surface area contributed by atoms with E-state index >= 15 is 0 Å². The predicted octanol–water partition coefficient (Wildman–Crippen LogP) is 7.53. The van der Waals surface area contributed by atoms with E-state index < -0.39 is 0 Å². The molecule has 1 aromatic carbocycles. The molecule has 0 heterocycles. The summed E-state index contributed by atoms with van der Waals surface area (Å²) in [6, 6.07) is 11.3. The molecule has 1 aliphatic rings. The molecule has 24 heavy (non-hydrogen) atoms. The van der Waals surface area contributed by atoms with Gasteiger partial charge in [-0.2, -0.15) is 2.52 Å². The highest BCUT2D eigenvalue weighted by Crippen LogP contribution is 2.40. The lowest BCUT2D eigenvalue weighted by Gasteiger charge is -2.37. The van der Waals surface area contributed by atoms with E-state index in [0.717, 1.165) is 12.3 Å². The fourth-order valence-corrected chi connectivity index (χ4v) is 6.93. The van der Waals surface area contributed by atoms with Crippen molar-refractivity contribution in [2.75, 3.05) is 0 Å². The van der Waals surface area contributed by atoms with Crippen LogP contribution >= 0.6 is 34.8 Å². The molecule has 134 valence electrons. The monoisotopic (exact) mass is 457 g/mol. The topological polar surface area (TPSA) is 3.24 Å². The number of allylic oxidation sites excluding steroid dienone is 1. The molecule has 3 heteroatoms. The third-order valence-corrected chi connectivity index (χ3v) is 7.04. The van der Waals surface area contributed by atoms with E-state index in [2.05, 4.69) is 83.1 Å². The van der Waals surface area contributed by atoms with E-state index in [1.54, 1.807) is 0 Å². The van der Waals surface area contributed by atoms with Crippen molar-refractivity contribution in [2.45, 2.75) is 76.5 Å². The van der Waals surface area contributed by atoms with Crippen LogP contribution < -0.4 is 0 Å². The second kappa shape index (κ2) is 9.63. The minimum absolute atomic E-state index is 0.268. The van der Waals surface area contributed by atoms with Crippen molar-refractivity contribution >= 4 is 40.4 Å². The van der Waals surface area contributed by atoms with Crippen molar-refractivity contribution in [3.8, 4) is 0 Å². The lowest BCUT2D eigenvalue weighted by atomic mass is 9.82. The summed E-state index contributed by atoms with van der Waals surface area (Å²) in [7, 11) is 0. The predicted molar refractivity (Wildman–Crippen MR) is 118 cm³/mol. The Bertz CT molecular complexity index is 502. The molecule has 0 N–H and O–H groups in total. The first-order valence-electron chi connectivity index (χ1n) is 9.24. The Morgan fingerprint density at radius 2 is 1.83 bits per heavy atom. The van der Waals surface area contributed by atoms with Gasteiger partial charge in [0.05, 0.1) is 0 Å². The number of hydrogen-bond acceptors (Lipinski definition) is 2. The zero-order chi connectivity index (χ0) is 17.6. The number of nitrogens with zero attached hydrogens (tertiary/aromatic N) is 1. The molecule has 0 amide bonds. The van der Waals surface area contributed by atoms with E-state index in [0.29, 0.717) is 6.04 Å². The molecular weight excluding hydrogens is 425 g/mol. The van der Waals surface area contributed by atoms with Crippen molar-refractivity contribution in [2.24, 2.45) is 5.92 Å². The molecule has 1 nitrogen and oxygen atoms in total. The smallest absolute Gasteiger partial charge is 0.0338 e. The van der Waals surface area contributed by atoms with Gasteiger partial charge in [-0.25, -0.2) is 0 Å². The Balaban J connectivity index is 2.00. The summed E-state index contributed by atoms with van der Waals surface area (Å²) < 4.78 is 2.80. The maximum atomic E-state index is 4.35. The van der Waals surface area contributed by atoms with Gasteiger partial charge in [0.1, 0.15) is 0 Å². The van der Waals surface area contributed by atoms with Gasteiger partial charge in [0, 0.05) is 33.7 Å². The van der Waals surface area contributed by atoms with Crippen LogP contribution in [0.15, 0.2) is 36.9 Å². The lowest BCUT2D eigenvalue weighted by molar-refractivity contribution is 0.255. The highest BCUT2D eigenvalue weighted by Gasteiger charge is 2.30. The molecular formula is C21H32INS. The van der Waals surface area contributed by atoms with Crippen LogP contribution in [0.3, 0.4) is 0 Å². The van der Waals surface area contributed by atoms with Crippen LogP contribution in [-0.2, 0) is 0 Å². The van der Waals surface area contributed by atoms with Crippen LogP contribution in [0.4, 0.5) is 0 Å². The highest BCUT2D eigenvalue weighted by atomic mass is 127. The molecule has 1 unspecified atom stereocenters. The summed E-state index contributed by atoms with van der Waals surface area (Å²) >= 11 is 4.56. The second-order valence-corrected chi connectivity index (χ2v) is 11.4. The maximum Gasteiger partial charge on any atom is 0.0338 e. The Morgan fingerprint density at radius 1 is 1.21 bits per heavy atom. The van der Waals surface area contributed by atoms with E-state index in [4.69, 9.17) is 0 Å². The van der Waals surface area contributed by atoms with Gasteiger partial charge in [-0.1, -0.05) is 68.1 Å². The first-order chi connectivity index (χ1) is 11.4. The summed E-state index contributed by atoms with van der Waals surface area (Å²) in [5.74, 6) is 0.842. The minimum atomic E-state index is 0.268. The van der Waals surface area contributed by atoms with Crippen LogP contribution in [0.5, 0.6) is 0 Å². The van der Waals surface area contributed by atoms with Crippen LogP contribution in [-0.4, -0.2) is 13.3 Å². The van der Waals surface area contributed by atoms with Gasteiger partial charge >= 0.3 is 0 Å². The summed E-state index contributed by atoms with van der Waals surface area (Å²) in [6.45, 7) is 11.3. The number of rotatable bonds is 7. The largest absolute Gasteiger partial charge is 0.188 e. The number of halogens is 1. The third kappa shape index (κ3) is 6.72. The molecule has 0 radical (unpaired) electrons. The SMILES string of the molecule is C=C(CCC(C1CCCCC1)N(I)SC(C)(C)C)c1ccccc1. The van der Waals surface area contributed by atoms with E-state index in [1.165, 1.54) is 49.7 Å². The lowest BCUT2D eigenvalue weighted by Crippen LogP contribution is -2.34. The standard InChI is InChI=1S/C21H32INS/c1-17(18-11-7-5-8-12-18)15-16-20(19-13-9-6-10-14-19)23(22)24-21(2,3)4/h5,7-8,11-12,19-20H,1,6,9-10,13-16H2,2-4H3. The summed E-state index contributed by atoms with van der Waals surface area (Å²) in [6.07, 6.45) is 9.34. The minimum Gasteiger partial charge on any atom is -0.188 e. The highest BCUT2D eigenvalue weighted by molar-refractivity contribution is 14.1. The second-order valence-electron chi connectivity index (χ2n) is 7.95. The van der Waals surface area contributed by atoms with Crippen molar-refractivity contribution in [1.82, 2.24) is 2.52 Å². The zero-order valence-electron chi connectivity index (χ0n) is 15.4. The molecule has 1 aliphatic carbocycles. The molecule has 1 fully saturated rings. The fraction of sp³-hybridized carbons (Fsp3) is 0.619. The van der Waals surface area contributed by atoms with Crippen molar-refractivity contribution in [3.05, 3.63) is 42.5 Å². The van der Waals surface area contributed by atoms with Crippen LogP contribution in [0.25, 0.3) is 5.57 Å². The van der Waals surface area contributed by atoms with Gasteiger partial charge in [0.25, 0.3) is 0 Å². The van der Waals surface area contributed by atoms with Gasteiger partial charge in [0.15, 0.2) is 0 Å². The molecule has 0 bridgehead atoms. The van der Waals surface area contributed by atoms with E-state index in [1.807, 2.05) is 11.9 Å². The molecule has 2 rings (SSSR count). The van der Waals surface area contributed by atoms with E-state index in [9.17, 15) is 0 Å². The molecule has 0 aromatic heterocycles. The third-order valence-electron chi connectivity index (χ3n) is 4.74. The molecule has 1 aromatic rings. The van der Waals surface area contributed by atoms with Crippen molar-refractivity contribution < 1.29 is 0 Å². The Hall–Kier alpha value is 0. The molecule has 0 spiro atoms. The quantitative estimate of drug-likeness (QED) is 0.237. The Morgan fingerprint density at radius 3 is 2.42 bits per heavy atom. The van der Waals surface area contributed by atoms with Crippen LogP contribution in [0.2, 0.25) is 0 Å². The van der Waals surface area contributed by atoms with Gasteiger partial charge < -0.3 is 0 Å². The van der Waals surface area contributed by atoms with Crippen LogP contribution in [0.1, 0.15) is 71.3 Å². The summed E-state index contributed by atoms with van der Waals surface area (Å²) in [5, 5.41) is 0. The number of benzene rings is 1. The fourth-order valence-electron chi connectivity index (χ4n) is 3.49. The van der Waals surface area contributed by atoms with Gasteiger partial charge in [0.2, 0.25) is 0 Å².